The number of piperazine rings is 1. The maximum atomic E-state index is 11.3. The van der Waals surface area contributed by atoms with Gasteiger partial charge in [-0.05, 0) is 6.92 Å². The fourth-order valence-electron chi connectivity index (χ4n) is 1.36. The van der Waals surface area contributed by atoms with Gasteiger partial charge in [0, 0.05) is 25.7 Å². The van der Waals surface area contributed by atoms with E-state index in [-0.39, 0.29) is 12.5 Å². The maximum Gasteiger partial charge on any atom is 0.235 e. The van der Waals surface area contributed by atoms with Gasteiger partial charge in [-0.25, -0.2) is 0 Å². The lowest BCUT2D eigenvalue weighted by Crippen LogP contribution is -2.53. The summed E-state index contributed by atoms with van der Waals surface area (Å²) in [5, 5.41) is 5.63. The van der Waals surface area contributed by atoms with Crippen LogP contribution < -0.4 is 10.5 Å². The Morgan fingerprint density at radius 3 is 3.17 bits per heavy atom. The summed E-state index contributed by atoms with van der Waals surface area (Å²) in [4.78, 5) is 13.1. The van der Waals surface area contributed by atoms with Gasteiger partial charge in [-0.3, -0.25) is 4.79 Å². The first-order chi connectivity index (χ1) is 5.74. The molecule has 5 heteroatoms. The largest absolute Gasteiger partial charge is 0.359 e. The lowest BCUT2D eigenvalue weighted by molar-refractivity contribution is -0.131. The molecular formula is C7H14BN3O. The van der Waals surface area contributed by atoms with Gasteiger partial charge in [0.15, 0.2) is 7.98 Å². The summed E-state index contributed by atoms with van der Waals surface area (Å²) < 4.78 is 0. The normalized spacial score (nSPS) is 24.1. The Kier molecular flexibility index (Phi) is 3.56. The number of carbonyl (C=O) groups is 1. The third-order valence-electron chi connectivity index (χ3n) is 1.97. The van der Waals surface area contributed by atoms with Crippen LogP contribution in [0.5, 0.6) is 0 Å². The zero-order valence-corrected chi connectivity index (χ0v) is 7.34. The monoisotopic (exact) mass is 167 g/mol. The lowest BCUT2D eigenvalue weighted by atomic mass is 10.2. The van der Waals surface area contributed by atoms with E-state index >= 15 is 0 Å². The molecule has 66 valence electrons. The standard InChI is InChI=1S/C7H14BN3O/c1-6-5-11(3-2-9-6)7(12)4-10-8/h6,9-10H,2-5H2,1H3/t6-/m0/s1. The molecule has 0 aromatic rings. The molecule has 1 aliphatic heterocycles. The fourth-order valence-corrected chi connectivity index (χ4v) is 1.36. The van der Waals surface area contributed by atoms with E-state index in [1.807, 2.05) is 4.90 Å². The van der Waals surface area contributed by atoms with Crippen molar-refractivity contribution in [3.63, 3.8) is 0 Å². The number of rotatable bonds is 2. The average molecular weight is 167 g/mol. The molecule has 0 aliphatic carbocycles. The molecule has 1 fully saturated rings. The highest BCUT2D eigenvalue weighted by Gasteiger charge is 2.18. The van der Waals surface area contributed by atoms with E-state index in [2.05, 4.69) is 17.5 Å². The van der Waals surface area contributed by atoms with Crippen molar-refractivity contribution in [3.8, 4) is 0 Å². The van der Waals surface area contributed by atoms with Gasteiger partial charge >= 0.3 is 0 Å². The summed E-state index contributed by atoms with van der Waals surface area (Å²) in [6, 6.07) is 0.389. The van der Waals surface area contributed by atoms with Crippen LogP contribution in [0.3, 0.4) is 0 Å². The number of hydrogen-bond donors (Lipinski definition) is 2. The van der Waals surface area contributed by atoms with Gasteiger partial charge in [0.1, 0.15) is 0 Å². The first-order valence-electron chi connectivity index (χ1n) is 4.18. The molecule has 0 aromatic heterocycles. The SMILES string of the molecule is [B]NCC(=O)N1CCN[C@@H](C)C1. The minimum atomic E-state index is 0.0749. The zero-order chi connectivity index (χ0) is 8.97. The van der Waals surface area contributed by atoms with Crippen LogP contribution in [0.2, 0.25) is 0 Å². The minimum absolute atomic E-state index is 0.0749. The van der Waals surface area contributed by atoms with E-state index in [1.165, 1.54) is 0 Å². The first-order valence-corrected chi connectivity index (χ1v) is 4.18. The number of carbonyl (C=O) groups excluding carboxylic acids is 1. The molecule has 0 aromatic carbocycles. The van der Waals surface area contributed by atoms with Crippen molar-refractivity contribution in [3.05, 3.63) is 0 Å². The molecule has 12 heavy (non-hydrogen) atoms. The van der Waals surface area contributed by atoms with Crippen LogP contribution in [0.1, 0.15) is 6.92 Å². The molecule has 1 amide bonds. The Labute approximate surface area is 74.1 Å². The quantitative estimate of drug-likeness (QED) is 0.491. The lowest BCUT2D eigenvalue weighted by Gasteiger charge is -2.31. The third-order valence-corrected chi connectivity index (χ3v) is 1.97. The van der Waals surface area contributed by atoms with E-state index in [9.17, 15) is 4.79 Å². The predicted octanol–water partition coefficient (Wildman–Crippen LogP) is -1.52. The molecule has 1 aliphatic rings. The topological polar surface area (TPSA) is 44.4 Å². The van der Waals surface area contributed by atoms with Crippen LogP contribution in [-0.2, 0) is 4.79 Å². The highest BCUT2D eigenvalue weighted by atomic mass is 16.2. The molecule has 2 radical (unpaired) electrons. The van der Waals surface area contributed by atoms with Crippen LogP contribution in [0, 0.1) is 0 Å². The average Bonchev–Trinajstić information content (AvgIpc) is 2.05. The highest BCUT2D eigenvalue weighted by Crippen LogP contribution is 1.97. The smallest absolute Gasteiger partial charge is 0.235 e. The molecular weight excluding hydrogens is 153 g/mol. The van der Waals surface area contributed by atoms with Gasteiger partial charge in [0.25, 0.3) is 0 Å². The Hall–Kier alpha value is -0.545. The summed E-state index contributed by atoms with van der Waals surface area (Å²) in [5.74, 6) is 0.0749. The molecule has 0 saturated carbocycles. The molecule has 4 nitrogen and oxygen atoms in total. The van der Waals surface area contributed by atoms with Gasteiger partial charge in [-0.15, -0.1) is 0 Å². The van der Waals surface area contributed by atoms with Crippen molar-refractivity contribution < 1.29 is 4.79 Å². The Morgan fingerprint density at radius 2 is 2.58 bits per heavy atom. The second kappa shape index (κ2) is 4.47. The molecule has 1 rings (SSSR count). The number of nitrogens with one attached hydrogen (secondary N) is 2. The van der Waals surface area contributed by atoms with Crippen LogP contribution >= 0.6 is 0 Å². The highest BCUT2D eigenvalue weighted by molar-refractivity contribution is 6.06. The molecule has 0 unspecified atom stereocenters. The van der Waals surface area contributed by atoms with Gasteiger partial charge in [-0.1, -0.05) is 0 Å². The summed E-state index contributed by atoms with van der Waals surface area (Å²) in [7, 11) is 5.06. The van der Waals surface area contributed by atoms with Crippen molar-refractivity contribution >= 4 is 13.9 Å². The molecule has 2 N–H and O–H groups in total. The molecule has 1 saturated heterocycles. The molecule has 1 atom stereocenters. The number of nitrogens with zero attached hydrogens (tertiary/aromatic N) is 1. The van der Waals surface area contributed by atoms with Crippen molar-refractivity contribution in [2.24, 2.45) is 0 Å². The summed E-state index contributed by atoms with van der Waals surface area (Å²) in [5.41, 5.74) is 0. The van der Waals surface area contributed by atoms with E-state index in [0.717, 1.165) is 19.6 Å². The zero-order valence-electron chi connectivity index (χ0n) is 7.34. The van der Waals surface area contributed by atoms with Crippen LogP contribution in [0.15, 0.2) is 0 Å². The Balaban J connectivity index is 2.35. The first kappa shape index (κ1) is 9.54. The summed E-state index contributed by atoms with van der Waals surface area (Å²) >= 11 is 0. The fraction of sp³-hybridized carbons (Fsp3) is 0.857. The minimum Gasteiger partial charge on any atom is -0.359 e. The molecule has 0 bridgehead atoms. The van der Waals surface area contributed by atoms with E-state index < -0.39 is 0 Å². The van der Waals surface area contributed by atoms with E-state index in [1.54, 1.807) is 0 Å². The number of amides is 1. The maximum absolute atomic E-state index is 11.3. The van der Waals surface area contributed by atoms with E-state index in [4.69, 9.17) is 7.98 Å². The second-order valence-corrected chi connectivity index (χ2v) is 3.08. The van der Waals surface area contributed by atoms with Crippen LogP contribution in [-0.4, -0.2) is 51.0 Å². The molecule has 1 heterocycles. The van der Waals surface area contributed by atoms with Crippen LogP contribution in [0.4, 0.5) is 0 Å². The van der Waals surface area contributed by atoms with Crippen molar-refractivity contribution in [1.82, 2.24) is 15.4 Å². The molecule has 0 spiro atoms. The predicted molar refractivity (Wildman–Crippen MR) is 47.8 cm³/mol. The van der Waals surface area contributed by atoms with Crippen LogP contribution in [0.25, 0.3) is 0 Å². The van der Waals surface area contributed by atoms with Gasteiger partial charge in [0.2, 0.25) is 5.91 Å². The Morgan fingerprint density at radius 1 is 1.83 bits per heavy atom. The van der Waals surface area contributed by atoms with E-state index in [0.29, 0.717) is 6.04 Å². The van der Waals surface area contributed by atoms with Crippen molar-refractivity contribution in [2.45, 2.75) is 13.0 Å². The van der Waals surface area contributed by atoms with Crippen molar-refractivity contribution in [1.29, 1.82) is 0 Å². The summed E-state index contributed by atoms with van der Waals surface area (Å²) in [6.07, 6.45) is 0. The van der Waals surface area contributed by atoms with Gasteiger partial charge in [-0.2, -0.15) is 0 Å². The van der Waals surface area contributed by atoms with Gasteiger partial charge < -0.3 is 15.4 Å². The Bertz CT molecular complexity index is 165. The third kappa shape index (κ3) is 2.50. The number of hydrogen-bond acceptors (Lipinski definition) is 3. The van der Waals surface area contributed by atoms with Gasteiger partial charge in [0.05, 0.1) is 6.54 Å². The second-order valence-electron chi connectivity index (χ2n) is 3.08. The van der Waals surface area contributed by atoms with Crippen molar-refractivity contribution in [2.75, 3.05) is 26.2 Å². The summed E-state index contributed by atoms with van der Waals surface area (Å²) in [6.45, 7) is 4.73.